The number of hydrogen-bond acceptors (Lipinski definition) is 3. The molecule has 3 N–H and O–H groups in total. The molecule has 0 saturated heterocycles. The van der Waals surface area contributed by atoms with E-state index in [-0.39, 0.29) is 5.92 Å². The summed E-state index contributed by atoms with van der Waals surface area (Å²) in [5.41, 5.74) is 2.48. The van der Waals surface area contributed by atoms with Crippen LogP contribution in [0, 0.1) is 29.1 Å². The average molecular weight is 417 g/mol. The van der Waals surface area contributed by atoms with Gasteiger partial charge in [0.25, 0.3) is 0 Å². The fourth-order valence-electron chi connectivity index (χ4n) is 6.39. The van der Waals surface area contributed by atoms with Gasteiger partial charge in [0.2, 0.25) is 0 Å². The van der Waals surface area contributed by atoms with E-state index in [0.717, 1.165) is 6.42 Å². The Kier molecular flexibility index (Phi) is 7.37. The van der Waals surface area contributed by atoms with Gasteiger partial charge in [0, 0.05) is 12.3 Å². The first-order chi connectivity index (χ1) is 14.0. The van der Waals surface area contributed by atoms with Crippen LogP contribution in [0.1, 0.15) is 86.0 Å². The van der Waals surface area contributed by atoms with Crippen LogP contribution in [0.5, 0.6) is 0 Å². The summed E-state index contributed by atoms with van der Waals surface area (Å²) < 4.78 is 0. The van der Waals surface area contributed by atoms with E-state index in [1.165, 1.54) is 37.7 Å². The van der Waals surface area contributed by atoms with Gasteiger partial charge in [0.1, 0.15) is 0 Å². The largest absolute Gasteiger partial charge is 0.393 e. The fourth-order valence-corrected chi connectivity index (χ4v) is 6.39. The zero-order valence-corrected chi connectivity index (χ0v) is 19.8. The Morgan fingerprint density at radius 2 is 1.93 bits per heavy atom. The maximum absolute atomic E-state index is 10.2. The van der Waals surface area contributed by atoms with Crippen LogP contribution >= 0.6 is 0 Å². The molecule has 3 heteroatoms. The first-order valence-electron chi connectivity index (χ1n) is 12.2. The first-order valence-corrected chi connectivity index (χ1v) is 12.2. The third-order valence-electron chi connectivity index (χ3n) is 8.56. The summed E-state index contributed by atoms with van der Waals surface area (Å²) in [6.45, 7) is 10.7. The Hall–Kier alpha value is -0.900. The quantitative estimate of drug-likeness (QED) is 0.497. The van der Waals surface area contributed by atoms with Gasteiger partial charge in [-0.05, 0) is 82.0 Å². The van der Waals surface area contributed by atoms with Gasteiger partial charge < -0.3 is 15.3 Å². The van der Waals surface area contributed by atoms with Crippen LogP contribution in [0.2, 0.25) is 0 Å². The summed E-state index contributed by atoms with van der Waals surface area (Å²) >= 11 is 0. The third-order valence-corrected chi connectivity index (χ3v) is 8.56. The molecule has 3 rings (SSSR count). The minimum absolute atomic E-state index is 0.154. The Balaban J connectivity index is 1.70. The maximum atomic E-state index is 10.2. The summed E-state index contributed by atoms with van der Waals surface area (Å²) in [6.07, 6.45) is 16.4. The van der Waals surface area contributed by atoms with Gasteiger partial charge in [-0.25, -0.2) is 0 Å². The summed E-state index contributed by atoms with van der Waals surface area (Å²) in [5.74, 6) is 2.03. The molecule has 170 valence electrons. The number of hydrogen-bond donors (Lipinski definition) is 3. The van der Waals surface area contributed by atoms with Crippen LogP contribution in [0.4, 0.5) is 0 Å². The maximum Gasteiger partial charge on any atom is 0.0748 e. The summed E-state index contributed by atoms with van der Waals surface area (Å²) in [6, 6.07) is 0. The molecule has 0 radical (unpaired) electrons. The van der Waals surface area contributed by atoms with Crippen molar-refractivity contribution in [1.29, 1.82) is 0 Å². The predicted octanol–water partition coefficient (Wildman–Crippen LogP) is 5.56. The second kappa shape index (κ2) is 9.30. The molecule has 2 fully saturated rings. The van der Waals surface area contributed by atoms with Crippen LogP contribution in [-0.4, -0.2) is 33.1 Å². The van der Waals surface area contributed by atoms with Crippen molar-refractivity contribution >= 4 is 0 Å². The van der Waals surface area contributed by atoms with Crippen molar-refractivity contribution in [1.82, 2.24) is 0 Å². The standard InChI is InChI=1S/C27H44O3/c1-18(8-9-19(2)26(3,4)30)24-12-13-25-21(7-6-14-27(24,25)5)11-10-20-15-22(28)17-23(29)16-20/h8-9,11,15,18-19,22-25,28-30H,6-7,10,12-14,16-17H2,1-5H3/b9-8+,21-11+/t18-,19+,22?,23-,24-,25+,27-/m1/s1. The molecular weight excluding hydrogens is 372 g/mol. The Morgan fingerprint density at radius 3 is 2.60 bits per heavy atom. The van der Waals surface area contributed by atoms with Gasteiger partial charge in [-0.2, -0.15) is 0 Å². The van der Waals surface area contributed by atoms with Crippen molar-refractivity contribution in [2.75, 3.05) is 0 Å². The highest BCUT2D eigenvalue weighted by atomic mass is 16.3. The SMILES string of the molecule is C[C@H](/C=C/[C@H](C)C(C)(C)O)[C@H]1CC[C@H]2/C(=C/CC3=CC(O)C[C@H](O)C3)CCC[C@]12C. The van der Waals surface area contributed by atoms with E-state index in [0.29, 0.717) is 36.0 Å². The second-order valence-electron chi connectivity index (χ2n) is 11.3. The number of rotatable bonds is 6. The van der Waals surface area contributed by atoms with E-state index in [2.05, 4.69) is 39.0 Å². The molecule has 0 heterocycles. The molecule has 0 aromatic heterocycles. The van der Waals surface area contributed by atoms with Crippen LogP contribution in [0.15, 0.2) is 35.5 Å². The van der Waals surface area contributed by atoms with Crippen molar-refractivity contribution < 1.29 is 15.3 Å². The molecule has 0 amide bonds. The lowest BCUT2D eigenvalue weighted by Crippen LogP contribution is -2.35. The molecule has 0 aliphatic heterocycles. The Morgan fingerprint density at radius 1 is 1.20 bits per heavy atom. The summed E-state index contributed by atoms with van der Waals surface area (Å²) in [4.78, 5) is 0. The molecule has 3 nitrogen and oxygen atoms in total. The minimum atomic E-state index is -0.673. The Bertz CT molecular complexity index is 683. The molecule has 3 aliphatic carbocycles. The van der Waals surface area contributed by atoms with Crippen molar-refractivity contribution in [3.63, 3.8) is 0 Å². The monoisotopic (exact) mass is 416 g/mol. The third kappa shape index (κ3) is 5.29. The zero-order valence-electron chi connectivity index (χ0n) is 19.8. The average Bonchev–Trinajstić information content (AvgIpc) is 3.00. The molecule has 0 aromatic carbocycles. The molecule has 0 bridgehead atoms. The van der Waals surface area contributed by atoms with Gasteiger partial charge in [-0.3, -0.25) is 0 Å². The highest BCUT2D eigenvalue weighted by molar-refractivity contribution is 5.23. The second-order valence-corrected chi connectivity index (χ2v) is 11.3. The van der Waals surface area contributed by atoms with E-state index in [1.807, 2.05) is 19.9 Å². The molecule has 2 saturated carbocycles. The van der Waals surface area contributed by atoms with Gasteiger partial charge in [-0.15, -0.1) is 0 Å². The van der Waals surface area contributed by atoms with Crippen LogP contribution in [0.25, 0.3) is 0 Å². The lowest BCUT2D eigenvalue weighted by Gasteiger charge is -2.44. The van der Waals surface area contributed by atoms with Crippen molar-refractivity contribution in [3.8, 4) is 0 Å². The molecule has 1 unspecified atom stereocenters. The van der Waals surface area contributed by atoms with Crippen LogP contribution in [0.3, 0.4) is 0 Å². The van der Waals surface area contributed by atoms with Crippen molar-refractivity contribution in [2.24, 2.45) is 29.1 Å². The lowest BCUT2D eigenvalue weighted by atomic mass is 9.61. The molecule has 7 atom stereocenters. The summed E-state index contributed by atoms with van der Waals surface area (Å²) in [7, 11) is 0. The van der Waals surface area contributed by atoms with E-state index >= 15 is 0 Å². The van der Waals surface area contributed by atoms with Gasteiger partial charge in [0.05, 0.1) is 17.8 Å². The number of aliphatic hydroxyl groups is 3. The number of aliphatic hydroxyl groups excluding tert-OH is 2. The topological polar surface area (TPSA) is 60.7 Å². The lowest BCUT2D eigenvalue weighted by molar-refractivity contribution is 0.0436. The molecule has 0 aromatic rings. The highest BCUT2D eigenvalue weighted by Crippen LogP contribution is 2.59. The molecular formula is C27H44O3. The molecule has 30 heavy (non-hydrogen) atoms. The predicted molar refractivity (Wildman–Crippen MR) is 124 cm³/mol. The first kappa shape index (κ1) is 23.8. The number of allylic oxidation sites excluding steroid dienone is 3. The Labute approximate surface area is 184 Å². The van der Waals surface area contributed by atoms with Crippen molar-refractivity contribution in [2.45, 2.75) is 104 Å². The van der Waals surface area contributed by atoms with Crippen LogP contribution < -0.4 is 0 Å². The van der Waals surface area contributed by atoms with E-state index in [1.54, 1.807) is 5.57 Å². The summed E-state index contributed by atoms with van der Waals surface area (Å²) in [5, 5.41) is 30.1. The fraction of sp³-hybridized carbons (Fsp3) is 0.778. The molecule has 3 aliphatic rings. The van der Waals surface area contributed by atoms with Gasteiger partial charge in [0.15, 0.2) is 0 Å². The minimum Gasteiger partial charge on any atom is -0.393 e. The molecule has 0 spiro atoms. The highest BCUT2D eigenvalue weighted by Gasteiger charge is 2.50. The van der Waals surface area contributed by atoms with E-state index < -0.39 is 17.8 Å². The normalized spacial score (nSPS) is 38.5. The van der Waals surface area contributed by atoms with Crippen LogP contribution in [-0.2, 0) is 0 Å². The van der Waals surface area contributed by atoms with Gasteiger partial charge >= 0.3 is 0 Å². The van der Waals surface area contributed by atoms with Crippen molar-refractivity contribution in [3.05, 3.63) is 35.5 Å². The smallest absolute Gasteiger partial charge is 0.0748 e. The van der Waals surface area contributed by atoms with Gasteiger partial charge in [-0.1, -0.05) is 56.2 Å². The zero-order chi connectivity index (χ0) is 22.1. The van der Waals surface area contributed by atoms with E-state index in [9.17, 15) is 15.3 Å². The number of fused-ring (bicyclic) bond motifs is 1. The van der Waals surface area contributed by atoms with E-state index in [4.69, 9.17) is 0 Å².